The molecule has 0 bridgehead atoms. The molecule has 1 aliphatic rings. The normalized spacial score (nSPS) is 13.9. The van der Waals surface area contributed by atoms with Gasteiger partial charge in [-0.1, -0.05) is 11.6 Å². The second kappa shape index (κ2) is 8.96. The highest BCUT2D eigenvalue weighted by Crippen LogP contribution is 2.38. The van der Waals surface area contributed by atoms with E-state index in [0.29, 0.717) is 24.4 Å². The van der Waals surface area contributed by atoms with Crippen LogP contribution >= 0.6 is 22.9 Å². The van der Waals surface area contributed by atoms with Gasteiger partial charge in [-0.15, -0.1) is 21.5 Å². The summed E-state index contributed by atoms with van der Waals surface area (Å²) < 4.78 is 44.1. The fourth-order valence-electron chi connectivity index (χ4n) is 3.19. The van der Waals surface area contributed by atoms with Gasteiger partial charge in [-0.05, 0) is 25.0 Å². The molecule has 170 valence electrons. The predicted molar refractivity (Wildman–Crippen MR) is 118 cm³/mol. The monoisotopic (exact) mass is 498 g/mol. The quantitative estimate of drug-likeness (QED) is 0.524. The number of halogens is 1. The number of ether oxygens (including phenoxy) is 2. The van der Waals surface area contributed by atoms with Gasteiger partial charge >= 0.3 is 11.8 Å². The molecule has 2 aromatic heterocycles. The standard InChI is InChI=1S/C19H19ClN4O6S2/c1-28-14-9-15(29-2)13(8-12(14)20)23-32(26,27)16-7-11(10-31-16)17-21-22-18(30-17)19(25)24-5-3-4-6-24/h7-10,23H,3-6H2,1-2H3. The average molecular weight is 499 g/mol. The number of benzene rings is 1. The maximum absolute atomic E-state index is 12.9. The third kappa shape index (κ3) is 4.38. The molecular formula is C19H19ClN4O6S2. The molecule has 1 aromatic carbocycles. The zero-order chi connectivity index (χ0) is 22.9. The van der Waals surface area contributed by atoms with Crippen molar-refractivity contribution >= 4 is 44.6 Å². The molecule has 4 rings (SSSR count). The van der Waals surface area contributed by atoms with Crippen LogP contribution in [0.3, 0.4) is 0 Å². The molecule has 0 aliphatic carbocycles. The van der Waals surface area contributed by atoms with Crippen LogP contribution in [0.4, 0.5) is 5.69 Å². The third-order valence-electron chi connectivity index (χ3n) is 4.81. The highest BCUT2D eigenvalue weighted by Gasteiger charge is 2.26. The first-order chi connectivity index (χ1) is 15.3. The van der Waals surface area contributed by atoms with Crippen molar-refractivity contribution in [2.75, 3.05) is 32.0 Å². The summed E-state index contributed by atoms with van der Waals surface area (Å²) in [4.78, 5) is 14.0. The van der Waals surface area contributed by atoms with Crippen molar-refractivity contribution < 1.29 is 27.1 Å². The van der Waals surface area contributed by atoms with Crippen molar-refractivity contribution in [1.29, 1.82) is 0 Å². The number of hydrogen-bond donors (Lipinski definition) is 1. The Morgan fingerprint density at radius 1 is 1.16 bits per heavy atom. The summed E-state index contributed by atoms with van der Waals surface area (Å²) in [6.07, 6.45) is 1.88. The number of thiophene rings is 1. The summed E-state index contributed by atoms with van der Waals surface area (Å²) in [6.45, 7) is 1.31. The molecule has 3 heterocycles. The van der Waals surface area contributed by atoms with E-state index in [1.54, 1.807) is 10.3 Å². The Kier molecular flexibility index (Phi) is 6.26. The van der Waals surface area contributed by atoms with Crippen LogP contribution in [0.1, 0.15) is 23.5 Å². The number of methoxy groups -OCH3 is 2. The summed E-state index contributed by atoms with van der Waals surface area (Å²) in [6, 6.07) is 4.28. The van der Waals surface area contributed by atoms with E-state index in [9.17, 15) is 13.2 Å². The lowest BCUT2D eigenvalue weighted by molar-refractivity contribution is 0.0754. The zero-order valence-corrected chi connectivity index (χ0v) is 19.5. The molecule has 3 aromatic rings. The van der Waals surface area contributed by atoms with Crippen molar-refractivity contribution in [3.8, 4) is 23.0 Å². The van der Waals surface area contributed by atoms with E-state index in [2.05, 4.69) is 14.9 Å². The van der Waals surface area contributed by atoms with Gasteiger partial charge in [0.1, 0.15) is 15.7 Å². The van der Waals surface area contributed by atoms with E-state index >= 15 is 0 Å². The van der Waals surface area contributed by atoms with Crippen molar-refractivity contribution in [1.82, 2.24) is 15.1 Å². The van der Waals surface area contributed by atoms with Gasteiger partial charge in [-0.3, -0.25) is 9.52 Å². The van der Waals surface area contributed by atoms with E-state index in [1.807, 2.05) is 0 Å². The summed E-state index contributed by atoms with van der Waals surface area (Å²) in [5, 5.41) is 9.49. The average Bonchev–Trinajstić information content (AvgIpc) is 3.54. The molecule has 0 saturated carbocycles. The second-order valence-corrected chi connectivity index (χ2v) is 10.1. The number of amides is 1. The number of nitrogens with zero attached hydrogens (tertiary/aromatic N) is 3. The number of rotatable bonds is 7. The van der Waals surface area contributed by atoms with E-state index in [-0.39, 0.29) is 38.4 Å². The smallest absolute Gasteiger partial charge is 0.311 e. The Morgan fingerprint density at radius 3 is 2.56 bits per heavy atom. The van der Waals surface area contributed by atoms with Gasteiger partial charge in [-0.25, -0.2) is 8.42 Å². The van der Waals surface area contributed by atoms with E-state index in [0.717, 1.165) is 24.2 Å². The number of sulfonamides is 1. The van der Waals surface area contributed by atoms with Crippen molar-refractivity contribution in [2.24, 2.45) is 0 Å². The Bertz CT molecular complexity index is 1250. The lowest BCUT2D eigenvalue weighted by Gasteiger charge is -2.13. The maximum Gasteiger partial charge on any atom is 0.311 e. The van der Waals surface area contributed by atoms with Gasteiger partial charge in [0.15, 0.2) is 0 Å². The SMILES string of the molecule is COc1cc(OC)c(NS(=O)(=O)c2cc(-c3nnc(C(=O)N4CCCC4)o3)cs2)cc1Cl. The lowest BCUT2D eigenvalue weighted by atomic mass is 10.3. The molecule has 0 unspecified atom stereocenters. The molecule has 1 aliphatic heterocycles. The van der Waals surface area contributed by atoms with Crippen LogP contribution < -0.4 is 14.2 Å². The Hall–Kier alpha value is -2.83. The first-order valence-electron chi connectivity index (χ1n) is 9.48. The van der Waals surface area contributed by atoms with Gasteiger partial charge in [0.05, 0.1) is 30.5 Å². The molecular weight excluding hydrogens is 480 g/mol. The molecule has 10 nitrogen and oxygen atoms in total. The maximum atomic E-state index is 12.9. The number of aromatic nitrogens is 2. The number of carbonyl (C=O) groups is 1. The minimum Gasteiger partial charge on any atom is -0.495 e. The molecule has 0 radical (unpaired) electrons. The first kappa shape index (κ1) is 22.4. The fourth-order valence-corrected chi connectivity index (χ4v) is 5.64. The number of hydrogen-bond acceptors (Lipinski definition) is 9. The van der Waals surface area contributed by atoms with Crippen LogP contribution in [-0.4, -0.2) is 56.7 Å². The molecule has 1 amide bonds. The summed E-state index contributed by atoms with van der Waals surface area (Å²) in [5.41, 5.74) is 0.549. The molecule has 1 N–H and O–H groups in total. The molecule has 0 spiro atoms. The van der Waals surface area contributed by atoms with Crippen LogP contribution in [0.25, 0.3) is 11.5 Å². The Balaban J connectivity index is 1.56. The largest absolute Gasteiger partial charge is 0.495 e. The minimum atomic E-state index is -3.97. The highest BCUT2D eigenvalue weighted by atomic mass is 35.5. The summed E-state index contributed by atoms with van der Waals surface area (Å²) in [7, 11) is -1.12. The van der Waals surface area contributed by atoms with Crippen LogP contribution in [0.2, 0.25) is 5.02 Å². The van der Waals surface area contributed by atoms with Gasteiger partial charge in [0, 0.05) is 24.5 Å². The van der Waals surface area contributed by atoms with Crippen molar-refractivity contribution in [3.63, 3.8) is 0 Å². The molecule has 1 fully saturated rings. The number of carbonyl (C=O) groups excluding carboxylic acids is 1. The lowest BCUT2D eigenvalue weighted by Crippen LogP contribution is -2.27. The fraction of sp³-hybridized carbons (Fsp3) is 0.316. The molecule has 13 heteroatoms. The van der Waals surface area contributed by atoms with Crippen molar-refractivity contribution in [2.45, 2.75) is 17.1 Å². The van der Waals surface area contributed by atoms with Crippen LogP contribution in [0.15, 0.2) is 32.2 Å². The second-order valence-electron chi connectivity index (χ2n) is 6.86. The number of likely N-dealkylation sites (tertiary alicyclic amines) is 1. The zero-order valence-electron chi connectivity index (χ0n) is 17.1. The molecule has 1 saturated heterocycles. The van der Waals surface area contributed by atoms with E-state index < -0.39 is 10.0 Å². The van der Waals surface area contributed by atoms with Crippen LogP contribution in [0.5, 0.6) is 11.5 Å². The van der Waals surface area contributed by atoms with Crippen LogP contribution in [0, 0.1) is 0 Å². The van der Waals surface area contributed by atoms with E-state index in [4.69, 9.17) is 25.5 Å². The highest BCUT2D eigenvalue weighted by molar-refractivity contribution is 7.94. The summed E-state index contributed by atoms with van der Waals surface area (Å²) >= 11 is 7.09. The predicted octanol–water partition coefficient (Wildman–Crippen LogP) is 3.51. The minimum absolute atomic E-state index is 0.00659. The van der Waals surface area contributed by atoms with Crippen molar-refractivity contribution in [3.05, 3.63) is 34.5 Å². The van der Waals surface area contributed by atoms with Crippen LogP contribution in [-0.2, 0) is 10.0 Å². The molecule has 0 atom stereocenters. The topological polar surface area (TPSA) is 124 Å². The number of nitrogens with one attached hydrogen (secondary N) is 1. The van der Waals surface area contributed by atoms with Gasteiger partial charge in [-0.2, -0.15) is 0 Å². The van der Waals surface area contributed by atoms with E-state index in [1.165, 1.54) is 32.4 Å². The van der Waals surface area contributed by atoms with Gasteiger partial charge in [0.25, 0.3) is 10.0 Å². The van der Waals surface area contributed by atoms with Gasteiger partial charge in [0.2, 0.25) is 5.89 Å². The number of anilines is 1. The first-order valence-corrected chi connectivity index (χ1v) is 12.2. The molecule has 32 heavy (non-hydrogen) atoms. The summed E-state index contributed by atoms with van der Waals surface area (Å²) in [5.74, 6) is 0.215. The van der Waals surface area contributed by atoms with Gasteiger partial charge < -0.3 is 18.8 Å². The third-order valence-corrected chi connectivity index (χ3v) is 7.91. The Labute approximate surface area is 193 Å². The Morgan fingerprint density at radius 2 is 1.88 bits per heavy atom.